The lowest BCUT2D eigenvalue weighted by molar-refractivity contribution is -0.116. The summed E-state index contributed by atoms with van der Waals surface area (Å²) in [7, 11) is -3.67. The van der Waals surface area contributed by atoms with Gasteiger partial charge in [-0.25, -0.2) is 12.7 Å². The monoisotopic (exact) mass is 349 g/mol. The number of rotatable bonds is 7. The Hall–Kier alpha value is -1.86. The van der Waals surface area contributed by atoms with Crippen LogP contribution in [0, 0.1) is 0 Å². The first-order chi connectivity index (χ1) is 11.5. The second-order valence-electron chi connectivity index (χ2n) is 6.22. The van der Waals surface area contributed by atoms with Gasteiger partial charge in [-0.05, 0) is 49.7 Å². The zero-order chi connectivity index (χ0) is 17.2. The molecule has 130 valence electrons. The third-order valence-corrected chi connectivity index (χ3v) is 6.04. The number of fused-ring (bicyclic) bond motifs is 1. The molecule has 2 aliphatic rings. The molecule has 2 aliphatic heterocycles. The topological polar surface area (TPSA) is 69.7 Å². The minimum atomic E-state index is -3.67. The zero-order valence-corrected chi connectivity index (χ0v) is 14.5. The smallest absolute Gasteiger partial charge is 0.245 e. The molecular weight excluding hydrogens is 326 g/mol. The van der Waals surface area contributed by atoms with Crippen LogP contribution in [0.5, 0.6) is 0 Å². The van der Waals surface area contributed by atoms with Crippen LogP contribution in [0.3, 0.4) is 0 Å². The highest BCUT2D eigenvalue weighted by atomic mass is 32.2. The van der Waals surface area contributed by atoms with Crippen molar-refractivity contribution in [1.29, 1.82) is 0 Å². The number of hydrogen-bond acceptors (Lipinski definition) is 5. The van der Waals surface area contributed by atoms with Crippen LogP contribution >= 0.6 is 0 Å². The fourth-order valence-electron chi connectivity index (χ4n) is 3.30. The van der Waals surface area contributed by atoms with Gasteiger partial charge < -0.3 is 10.2 Å². The highest BCUT2D eigenvalue weighted by Gasteiger charge is 2.35. The first kappa shape index (κ1) is 17.0. The van der Waals surface area contributed by atoms with Crippen molar-refractivity contribution in [3.8, 4) is 0 Å². The van der Waals surface area contributed by atoms with E-state index in [0.29, 0.717) is 5.69 Å². The van der Waals surface area contributed by atoms with E-state index in [1.54, 1.807) is 6.07 Å². The van der Waals surface area contributed by atoms with E-state index in [1.807, 2.05) is 12.1 Å². The van der Waals surface area contributed by atoms with Crippen LogP contribution in [0.1, 0.15) is 18.4 Å². The van der Waals surface area contributed by atoms with E-state index in [9.17, 15) is 13.2 Å². The van der Waals surface area contributed by atoms with E-state index in [0.717, 1.165) is 41.7 Å². The van der Waals surface area contributed by atoms with Crippen LogP contribution in [-0.4, -0.2) is 51.2 Å². The van der Waals surface area contributed by atoms with Crippen molar-refractivity contribution in [2.45, 2.75) is 19.3 Å². The van der Waals surface area contributed by atoms with Gasteiger partial charge in [0.25, 0.3) is 0 Å². The fourth-order valence-corrected chi connectivity index (χ4v) is 4.60. The van der Waals surface area contributed by atoms with E-state index in [-0.39, 0.29) is 12.2 Å². The maximum atomic E-state index is 12.2. The zero-order valence-electron chi connectivity index (χ0n) is 13.7. The normalized spacial score (nSPS) is 18.0. The van der Waals surface area contributed by atoms with Gasteiger partial charge in [0.05, 0.1) is 17.9 Å². The predicted molar refractivity (Wildman–Crippen MR) is 95.8 cm³/mol. The minimum absolute atomic E-state index is 0.118. The number of likely N-dealkylation sites (tertiary alicyclic amines) is 1. The molecule has 1 fully saturated rings. The quantitative estimate of drug-likeness (QED) is 0.757. The van der Waals surface area contributed by atoms with Crippen LogP contribution in [0.2, 0.25) is 0 Å². The van der Waals surface area contributed by atoms with Gasteiger partial charge in [-0.15, -0.1) is 6.58 Å². The number of sulfonamides is 1. The molecule has 24 heavy (non-hydrogen) atoms. The van der Waals surface area contributed by atoms with Gasteiger partial charge >= 0.3 is 0 Å². The summed E-state index contributed by atoms with van der Waals surface area (Å²) < 4.78 is 25.4. The van der Waals surface area contributed by atoms with Crippen LogP contribution in [-0.2, 0) is 21.2 Å². The number of anilines is 2. The fraction of sp³-hybridized carbons (Fsp3) is 0.471. The van der Waals surface area contributed by atoms with Crippen molar-refractivity contribution in [1.82, 2.24) is 4.90 Å². The summed E-state index contributed by atoms with van der Waals surface area (Å²) in [5, 5.41) is 3.36. The number of benzene rings is 1. The molecule has 0 unspecified atom stereocenters. The number of carbonyl (C=O) groups excluding carboxylic acids is 1. The van der Waals surface area contributed by atoms with Crippen LogP contribution < -0.4 is 9.62 Å². The van der Waals surface area contributed by atoms with Crippen molar-refractivity contribution in [3.05, 3.63) is 36.4 Å². The molecule has 1 N–H and O–H groups in total. The lowest BCUT2D eigenvalue weighted by Crippen LogP contribution is -2.35. The molecule has 1 aromatic rings. The van der Waals surface area contributed by atoms with Crippen molar-refractivity contribution in [3.63, 3.8) is 0 Å². The van der Waals surface area contributed by atoms with Crippen molar-refractivity contribution in [2.75, 3.05) is 41.6 Å². The molecule has 0 spiro atoms. The average molecular weight is 349 g/mol. The number of carbonyl (C=O) groups is 1. The first-order valence-electron chi connectivity index (χ1n) is 8.27. The molecular formula is C17H23N3O3S. The molecule has 1 amide bonds. The number of nitrogens with zero attached hydrogens (tertiary/aromatic N) is 2. The van der Waals surface area contributed by atoms with E-state index in [2.05, 4.69) is 16.8 Å². The molecule has 0 aliphatic carbocycles. The van der Waals surface area contributed by atoms with Crippen molar-refractivity contribution >= 4 is 27.3 Å². The van der Waals surface area contributed by atoms with Gasteiger partial charge in [-0.3, -0.25) is 4.79 Å². The standard InChI is InChI=1S/C17H23N3O3S/c1-2-11-24(22,23)20-16-6-5-15(12-14(16)13-17(20)21)18-7-10-19-8-3-4-9-19/h2,5-6,12,18H,1,3-4,7-11,13H2. The van der Waals surface area contributed by atoms with Crippen molar-refractivity contribution < 1.29 is 13.2 Å². The SMILES string of the molecule is C=CCS(=O)(=O)N1C(=O)Cc2cc(NCCN3CCCC3)ccc21. The molecule has 2 heterocycles. The van der Waals surface area contributed by atoms with Gasteiger partial charge in [-0.2, -0.15) is 0 Å². The Kier molecular flexibility index (Phi) is 4.91. The van der Waals surface area contributed by atoms with Gasteiger partial charge in [0.1, 0.15) is 0 Å². The Morgan fingerprint density at radius 2 is 2.00 bits per heavy atom. The van der Waals surface area contributed by atoms with Gasteiger partial charge in [0, 0.05) is 18.8 Å². The summed E-state index contributed by atoms with van der Waals surface area (Å²) >= 11 is 0. The number of nitrogens with one attached hydrogen (secondary N) is 1. The van der Waals surface area contributed by atoms with E-state index in [4.69, 9.17) is 0 Å². The highest BCUT2D eigenvalue weighted by Crippen LogP contribution is 2.33. The lowest BCUT2D eigenvalue weighted by Gasteiger charge is -2.18. The summed E-state index contributed by atoms with van der Waals surface area (Å²) in [5.74, 6) is -0.644. The molecule has 1 saturated heterocycles. The van der Waals surface area contributed by atoms with Crippen molar-refractivity contribution in [2.24, 2.45) is 0 Å². The second-order valence-corrected chi connectivity index (χ2v) is 8.08. The largest absolute Gasteiger partial charge is 0.384 e. The summed E-state index contributed by atoms with van der Waals surface area (Å²) in [6.45, 7) is 7.61. The van der Waals surface area contributed by atoms with Gasteiger partial charge in [0.15, 0.2) is 0 Å². The summed E-state index contributed by atoms with van der Waals surface area (Å²) in [5.41, 5.74) is 2.13. The third-order valence-electron chi connectivity index (χ3n) is 4.43. The Morgan fingerprint density at radius 1 is 1.25 bits per heavy atom. The summed E-state index contributed by atoms with van der Waals surface area (Å²) in [6.07, 6.45) is 3.97. The lowest BCUT2D eigenvalue weighted by atomic mass is 10.1. The second kappa shape index (κ2) is 6.94. The average Bonchev–Trinajstić information content (AvgIpc) is 3.13. The molecule has 7 heteroatoms. The number of amides is 1. The molecule has 0 atom stereocenters. The highest BCUT2D eigenvalue weighted by molar-refractivity contribution is 7.93. The molecule has 0 bridgehead atoms. The molecule has 0 radical (unpaired) electrons. The molecule has 0 aromatic heterocycles. The first-order valence-corrected chi connectivity index (χ1v) is 9.88. The third kappa shape index (κ3) is 3.47. The number of hydrogen-bond donors (Lipinski definition) is 1. The van der Waals surface area contributed by atoms with E-state index < -0.39 is 15.9 Å². The minimum Gasteiger partial charge on any atom is -0.384 e. The molecule has 3 rings (SSSR count). The van der Waals surface area contributed by atoms with E-state index in [1.165, 1.54) is 18.9 Å². The molecule has 6 nitrogen and oxygen atoms in total. The van der Waals surface area contributed by atoms with E-state index >= 15 is 0 Å². The Morgan fingerprint density at radius 3 is 2.71 bits per heavy atom. The Bertz CT molecular complexity index is 739. The van der Waals surface area contributed by atoms with Crippen LogP contribution in [0.25, 0.3) is 0 Å². The maximum Gasteiger partial charge on any atom is 0.245 e. The van der Waals surface area contributed by atoms with Crippen LogP contribution in [0.4, 0.5) is 11.4 Å². The molecule has 0 saturated carbocycles. The Labute approximate surface area is 143 Å². The van der Waals surface area contributed by atoms with Gasteiger partial charge in [-0.1, -0.05) is 6.08 Å². The predicted octanol–water partition coefficient (Wildman–Crippen LogP) is 1.60. The summed E-state index contributed by atoms with van der Waals surface area (Å²) in [6, 6.07) is 5.41. The summed E-state index contributed by atoms with van der Waals surface area (Å²) in [4.78, 5) is 14.6. The molecule has 1 aromatic carbocycles. The Balaban J connectivity index is 1.69. The van der Waals surface area contributed by atoms with Crippen LogP contribution in [0.15, 0.2) is 30.9 Å². The van der Waals surface area contributed by atoms with Gasteiger partial charge in [0.2, 0.25) is 15.9 Å². The maximum absolute atomic E-state index is 12.2.